The maximum Gasteiger partial charge on any atom is 0.340 e. The van der Waals surface area contributed by atoms with E-state index in [1.807, 2.05) is 24.3 Å². The summed E-state index contributed by atoms with van der Waals surface area (Å²) in [6.07, 6.45) is 4.19. The van der Waals surface area contributed by atoms with E-state index >= 15 is 0 Å². The van der Waals surface area contributed by atoms with Crippen molar-refractivity contribution in [3.05, 3.63) is 63.7 Å². The fourth-order valence-electron chi connectivity index (χ4n) is 4.09. The molecule has 2 amide bonds. The zero-order valence-corrected chi connectivity index (χ0v) is 22.0. The molecular formula is C27H32ClN3O6. The lowest BCUT2D eigenvalue weighted by molar-refractivity contribution is 0.191. The summed E-state index contributed by atoms with van der Waals surface area (Å²) in [7, 11) is 3.17. The van der Waals surface area contributed by atoms with Gasteiger partial charge in [0.1, 0.15) is 22.8 Å². The number of benzene rings is 2. The number of halogens is 1. The third-order valence-corrected chi connectivity index (χ3v) is 6.43. The van der Waals surface area contributed by atoms with Gasteiger partial charge < -0.3 is 19.2 Å². The molecule has 1 aliphatic rings. The standard InChI is InChI=1S/C17H14O4.C10H18ClN3O2/c1-19-12-5-3-4-11(8-12)16-10-15(18)14-7-6-13(20-2)9-17(14)21-16;1-8-2-4-9(5-3-8)12-10(15)14(13-16)7-6-11/h3-10H,1-2H3;8-9H,2-7H2,1H3,(H,12,15). The number of ether oxygens (including phenoxy) is 2. The smallest absolute Gasteiger partial charge is 0.340 e. The molecule has 0 spiro atoms. The van der Waals surface area contributed by atoms with Gasteiger partial charge in [-0.05, 0) is 55.9 Å². The second-order valence-electron chi connectivity index (χ2n) is 8.87. The average Bonchev–Trinajstić information content (AvgIpc) is 2.92. The molecule has 1 aliphatic carbocycles. The van der Waals surface area contributed by atoms with Crippen molar-refractivity contribution in [2.24, 2.45) is 11.2 Å². The number of hydrogen-bond donors (Lipinski definition) is 1. The van der Waals surface area contributed by atoms with Crippen LogP contribution in [0, 0.1) is 10.8 Å². The van der Waals surface area contributed by atoms with Crippen LogP contribution >= 0.6 is 11.6 Å². The summed E-state index contributed by atoms with van der Waals surface area (Å²) < 4.78 is 16.2. The molecule has 1 heterocycles. The summed E-state index contributed by atoms with van der Waals surface area (Å²) >= 11 is 5.46. The Kier molecular flexibility index (Phi) is 10.3. The fraction of sp³-hybridized carbons (Fsp3) is 0.407. The predicted octanol–water partition coefficient (Wildman–Crippen LogP) is 5.97. The van der Waals surface area contributed by atoms with Gasteiger partial charge in [0.25, 0.3) is 0 Å². The van der Waals surface area contributed by atoms with Crippen LogP contribution in [0.3, 0.4) is 0 Å². The van der Waals surface area contributed by atoms with Crippen LogP contribution < -0.4 is 20.2 Å². The minimum atomic E-state index is -0.435. The summed E-state index contributed by atoms with van der Waals surface area (Å²) in [4.78, 5) is 34.2. The highest BCUT2D eigenvalue weighted by Crippen LogP contribution is 2.27. The van der Waals surface area contributed by atoms with Crippen LogP contribution in [0.5, 0.6) is 11.5 Å². The maximum absolute atomic E-state index is 12.2. The summed E-state index contributed by atoms with van der Waals surface area (Å²) in [5, 5.41) is 6.82. The second-order valence-corrected chi connectivity index (χ2v) is 9.25. The van der Waals surface area contributed by atoms with E-state index in [9.17, 15) is 14.5 Å². The molecule has 9 nitrogen and oxygen atoms in total. The van der Waals surface area contributed by atoms with E-state index in [2.05, 4.69) is 17.5 Å². The molecule has 1 fully saturated rings. The Bertz CT molecular complexity index is 1260. The maximum atomic E-state index is 12.2. The van der Waals surface area contributed by atoms with Crippen LogP contribution in [-0.2, 0) is 0 Å². The van der Waals surface area contributed by atoms with Gasteiger partial charge in [-0.3, -0.25) is 4.79 Å². The number of hydrogen-bond acceptors (Lipinski definition) is 7. The van der Waals surface area contributed by atoms with Gasteiger partial charge >= 0.3 is 6.03 Å². The molecule has 198 valence electrons. The van der Waals surface area contributed by atoms with Gasteiger partial charge in [0.15, 0.2) is 5.43 Å². The first kappa shape index (κ1) is 28.0. The quantitative estimate of drug-likeness (QED) is 0.229. The first-order chi connectivity index (χ1) is 17.9. The average molecular weight is 530 g/mol. The molecule has 1 N–H and O–H groups in total. The molecule has 37 heavy (non-hydrogen) atoms. The third kappa shape index (κ3) is 7.69. The summed E-state index contributed by atoms with van der Waals surface area (Å²) in [5.41, 5.74) is 1.20. The Morgan fingerprint density at radius 3 is 2.43 bits per heavy atom. The SMILES string of the molecule is CC1CCC(NC(=O)N(CCCl)N=O)CC1.COc1cccc(-c2cc(=O)c3ccc(OC)cc3o2)c1. The van der Waals surface area contributed by atoms with Gasteiger partial charge in [0.2, 0.25) is 0 Å². The molecule has 0 radical (unpaired) electrons. The Balaban J connectivity index is 0.000000214. The van der Waals surface area contributed by atoms with Gasteiger partial charge in [-0.1, -0.05) is 19.1 Å². The van der Waals surface area contributed by atoms with Crippen molar-refractivity contribution >= 4 is 28.6 Å². The molecule has 0 saturated heterocycles. The van der Waals surface area contributed by atoms with Crippen molar-refractivity contribution in [3.63, 3.8) is 0 Å². The normalized spacial score (nSPS) is 16.8. The number of fused-ring (bicyclic) bond motifs is 1. The van der Waals surface area contributed by atoms with Crippen LogP contribution in [0.2, 0.25) is 0 Å². The number of amides is 2. The van der Waals surface area contributed by atoms with E-state index in [0.717, 1.165) is 42.2 Å². The number of nitrogens with zero attached hydrogens (tertiary/aromatic N) is 2. The van der Waals surface area contributed by atoms with Crippen LogP contribution in [0.15, 0.2) is 63.0 Å². The highest BCUT2D eigenvalue weighted by Gasteiger charge is 2.22. The van der Waals surface area contributed by atoms with Crippen LogP contribution in [-0.4, -0.2) is 43.7 Å². The highest BCUT2D eigenvalue weighted by molar-refractivity contribution is 6.18. The number of alkyl halides is 1. The Morgan fingerprint density at radius 2 is 1.78 bits per heavy atom. The van der Waals surface area contributed by atoms with Gasteiger partial charge in [-0.15, -0.1) is 16.5 Å². The van der Waals surface area contributed by atoms with Crippen molar-refractivity contribution in [1.29, 1.82) is 0 Å². The van der Waals surface area contributed by atoms with E-state index < -0.39 is 6.03 Å². The number of methoxy groups -OCH3 is 2. The third-order valence-electron chi connectivity index (χ3n) is 6.26. The topological polar surface area (TPSA) is 110 Å². The minimum Gasteiger partial charge on any atom is -0.497 e. The van der Waals surface area contributed by atoms with E-state index in [4.69, 9.17) is 25.5 Å². The van der Waals surface area contributed by atoms with Crippen molar-refractivity contribution in [2.45, 2.75) is 38.6 Å². The Morgan fingerprint density at radius 1 is 1.08 bits per heavy atom. The molecule has 10 heteroatoms. The Labute approximate surface area is 220 Å². The number of rotatable bonds is 7. The lowest BCUT2D eigenvalue weighted by Crippen LogP contribution is -2.44. The summed E-state index contributed by atoms with van der Waals surface area (Å²) in [6.45, 7) is 2.37. The molecule has 0 atom stereocenters. The number of nitrogens with one attached hydrogen (secondary N) is 1. The van der Waals surface area contributed by atoms with E-state index in [1.165, 1.54) is 6.07 Å². The largest absolute Gasteiger partial charge is 0.497 e. The van der Waals surface area contributed by atoms with Gasteiger partial charge in [0.05, 0.1) is 31.4 Å². The molecule has 3 aromatic rings. The summed E-state index contributed by atoms with van der Waals surface area (Å²) in [6, 6.07) is 13.8. The van der Waals surface area contributed by atoms with Gasteiger partial charge in [0, 0.05) is 29.6 Å². The molecule has 4 rings (SSSR count). The van der Waals surface area contributed by atoms with Gasteiger partial charge in [-0.25, -0.2) is 4.79 Å². The fourth-order valence-corrected chi connectivity index (χ4v) is 4.25. The van der Waals surface area contributed by atoms with Crippen LogP contribution in [0.25, 0.3) is 22.3 Å². The molecule has 0 unspecified atom stereocenters. The first-order valence-corrected chi connectivity index (χ1v) is 12.7. The number of carbonyl (C=O) groups excluding carboxylic acids is 1. The van der Waals surface area contributed by atoms with Crippen LogP contribution in [0.1, 0.15) is 32.6 Å². The molecular weight excluding hydrogens is 498 g/mol. The molecule has 0 bridgehead atoms. The number of nitroso groups, excluding NO2 is 1. The van der Waals surface area contributed by atoms with Crippen LogP contribution in [0.4, 0.5) is 4.79 Å². The highest BCUT2D eigenvalue weighted by atomic mass is 35.5. The molecule has 0 aliphatic heterocycles. The van der Waals surface area contributed by atoms with Crippen molar-refractivity contribution in [2.75, 3.05) is 26.6 Å². The molecule has 1 aromatic heterocycles. The van der Waals surface area contributed by atoms with E-state index in [1.54, 1.807) is 32.4 Å². The Hall–Kier alpha value is -3.59. The van der Waals surface area contributed by atoms with Gasteiger partial charge in [-0.2, -0.15) is 5.01 Å². The van der Waals surface area contributed by atoms with Crippen molar-refractivity contribution in [3.8, 4) is 22.8 Å². The monoisotopic (exact) mass is 529 g/mol. The molecule has 2 aromatic carbocycles. The second kappa shape index (κ2) is 13.6. The minimum absolute atomic E-state index is 0.0864. The number of carbonyl (C=O) groups is 1. The predicted molar refractivity (Wildman–Crippen MR) is 144 cm³/mol. The lowest BCUT2D eigenvalue weighted by Gasteiger charge is -2.27. The zero-order valence-electron chi connectivity index (χ0n) is 21.2. The van der Waals surface area contributed by atoms with Crippen molar-refractivity contribution < 1.29 is 18.7 Å². The first-order valence-electron chi connectivity index (χ1n) is 12.1. The van der Waals surface area contributed by atoms with Crippen molar-refractivity contribution in [1.82, 2.24) is 10.3 Å². The summed E-state index contributed by atoms with van der Waals surface area (Å²) in [5.74, 6) is 2.80. The number of urea groups is 1. The lowest BCUT2D eigenvalue weighted by atomic mass is 9.87. The zero-order chi connectivity index (χ0) is 26.8. The molecule has 1 saturated carbocycles. The van der Waals surface area contributed by atoms with E-state index in [-0.39, 0.29) is 23.9 Å². The van der Waals surface area contributed by atoms with E-state index in [0.29, 0.717) is 28.2 Å².